The topological polar surface area (TPSA) is 45.2 Å². The minimum absolute atomic E-state index is 0.342. The number of rotatable bonds is 8. The lowest BCUT2D eigenvalue weighted by atomic mass is 10.1. The molecule has 0 amide bonds. The van der Waals surface area contributed by atoms with Gasteiger partial charge in [0.25, 0.3) is 0 Å². The van der Waals surface area contributed by atoms with Gasteiger partial charge in [-0.1, -0.05) is 12.1 Å². The SMILES string of the molecule is COCCN1CCN(C[C@@H](O)COc2c(C)ccc(C)c2C)CC1. The zero-order valence-electron chi connectivity index (χ0n) is 15.5. The quantitative estimate of drug-likeness (QED) is 0.781. The predicted octanol–water partition coefficient (Wildman–Crippen LogP) is 1.62. The van der Waals surface area contributed by atoms with Crippen molar-refractivity contribution in [1.82, 2.24) is 9.80 Å². The summed E-state index contributed by atoms with van der Waals surface area (Å²) >= 11 is 0. The van der Waals surface area contributed by atoms with Crippen LogP contribution in [0.5, 0.6) is 5.75 Å². The van der Waals surface area contributed by atoms with E-state index in [9.17, 15) is 5.11 Å². The van der Waals surface area contributed by atoms with Gasteiger partial charge in [-0.2, -0.15) is 0 Å². The Kier molecular flexibility index (Phi) is 7.49. The average molecular weight is 336 g/mol. The Bertz CT molecular complexity index is 514. The lowest BCUT2D eigenvalue weighted by molar-refractivity contribution is 0.0402. The minimum Gasteiger partial charge on any atom is -0.490 e. The molecule has 1 aromatic rings. The molecule has 0 spiro atoms. The molecule has 1 aliphatic rings. The molecule has 2 rings (SSSR count). The van der Waals surface area contributed by atoms with Crippen molar-refractivity contribution in [3.05, 3.63) is 28.8 Å². The van der Waals surface area contributed by atoms with Gasteiger partial charge in [-0.15, -0.1) is 0 Å². The van der Waals surface area contributed by atoms with Crippen molar-refractivity contribution in [1.29, 1.82) is 0 Å². The fourth-order valence-electron chi connectivity index (χ4n) is 3.09. The molecule has 5 nitrogen and oxygen atoms in total. The van der Waals surface area contributed by atoms with Crippen molar-refractivity contribution in [2.24, 2.45) is 0 Å². The van der Waals surface area contributed by atoms with Gasteiger partial charge in [0.15, 0.2) is 0 Å². The van der Waals surface area contributed by atoms with Crippen LogP contribution in [0.2, 0.25) is 0 Å². The van der Waals surface area contributed by atoms with E-state index in [0.29, 0.717) is 13.2 Å². The molecule has 1 N–H and O–H groups in total. The maximum atomic E-state index is 10.3. The second kappa shape index (κ2) is 9.37. The van der Waals surface area contributed by atoms with Gasteiger partial charge < -0.3 is 14.6 Å². The molecule has 1 aromatic carbocycles. The van der Waals surface area contributed by atoms with Crippen LogP contribution in [0.15, 0.2) is 12.1 Å². The highest BCUT2D eigenvalue weighted by Crippen LogP contribution is 2.25. The Morgan fingerprint density at radius 2 is 1.67 bits per heavy atom. The Morgan fingerprint density at radius 3 is 2.33 bits per heavy atom. The second-order valence-electron chi connectivity index (χ2n) is 6.75. The summed E-state index contributed by atoms with van der Waals surface area (Å²) in [7, 11) is 1.74. The van der Waals surface area contributed by atoms with Crippen LogP contribution in [0.25, 0.3) is 0 Å². The molecule has 1 atom stereocenters. The van der Waals surface area contributed by atoms with Crippen molar-refractivity contribution in [3.8, 4) is 5.75 Å². The second-order valence-corrected chi connectivity index (χ2v) is 6.75. The third kappa shape index (κ3) is 5.45. The fourth-order valence-corrected chi connectivity index (χ4v) is 3.09. The molecule has 1 fully saturated rings. The number of methoxy groups -OCH3 is 1. The van der Waals surface area contributed by atoms with Crippen molar-refractivity contribution < 1.29 is 14.6 Å². The maximum Gasteiger partial charge on any atom is 0.125 e. The van der Waals surface area contributed by atoms with E-state index in [0.717, 1.165) is 56.2 Å². The van der Waals surface area contributed by atoms with Crippen molar-refractivity contribution >= 4 is 0 Å². The van der Waals surface area contributed by atoms with Gasteiger partial charge in [-0.25, -0.2) is 0 Å². The highest BCUT2D eigenvalue weighted by atomic mass is 16.5. The number of hydrogen-bond donors (Lipinski definition) is 1. The van der Waals surface area contributed by atoms with Crippen LogP contribution in [0, 0.1) is 20.8 Å². The first kappa shape index (κ1) is 19.2. The molecule has 1 heterocycles. The van der Waals surface area contributed by atoms with E-state index < -0.39 is 6.10 Å². The first-order valence-corrected chi connectivity index (χ1v) is 8.82. The standard InChI is InChI=1S/C19H32N2O3/c1-15-5-6-16(2)19(17(15)3)24-14-18(22)13-21-9-7-20(8-10-21)11-12-23-4/h5-6,18,22H,7-14H2,1-4H3/t18-/m1/s1. The molecule has 0 unspecified atom stereocenters. The Morgan fingerprint density at radius 1 is 1.04 bits per heavy atom. The van der Waals surface area contributed by atoms with E-state index in [1.807, 2.05) is 6.92 Å². The summed E-state index contributed by atoms with van der Waals surface area (Å²) in [6.45, 7) is 13.0. The number of nitrogens with zero attached hydrogens (tertiary/aromatic N) is 2. The molecule has 1 aliphatic heterocycles. The largest absolute Gasteiger partial charge is 0.490 e. The Labute approximate surface area is 146 Å². The molecule has 24 heavy (non-hydrogen) atoms. The predicted molar refractivity (Wildman–Crippen MR) is 96.9 cm³/mol. The molecule has 5 heteroatoms. The first-order chi connectivity index (χ1) is 11.5. The molecule has 0 bridgehead atoms. The van der Waals surface area contributed by atoms with Crippen LogP contribution in [0.4, 0.5) is 0 Å². The minimum atomic E-state index is -0.463. The summed E-state index contributed by atoms with van der Waals surface area (Å²) in [4.78, 5) is 4.72. The molecule has 0 aliphatic carbocycles. The van der Waals surface area contributed by atoms with E-state index in [-0.39, 0.29) is 0 Å². The third-order valence-corrected chi connectivity index (χ3v) is 4.84. The molecule has 136 valence electrons. The van der Waals surface area contributed by atoms with Gasteiger partial charge in [0.1, 0.15) is 18.5 Å². The number of aliphatic hydroxyl groups excluding tert-OH is 1. The normalized spacial score (nSPS) is 17.9. The summed E-state index contributed by atoms with van der Waals surface area (Å²) < 4.78 is 11.0. The smallest absolute Gasteiger partial charge is 0.125 e. The number of ether oxygens (including phenoxy) is 2. The number of benzene rings is 1. The Balaban J connectivity index is 1.75. The maximum absolute atomic E-state index is 10.3. The molecular formula is C19H32N2O3. The number of hydrogen-bond acceptors (Lipinski definition) is 5. The van der Waals surface area contributed by atoms with Gasteiger partial charge in [0, 0.05) is 46.4 Å². The molecule has 0 radical (unpaired) electrons. The van der Waals surface area contributed by atoms with Crippen LogP contribution in [0.1, 0.15) is 16.7 Å². The van der Waals surface area contributed by atoms with E-state index in [1.54, 1.807) is 7.11 Å². The molecule has 0 aromatic heterocycles. The van der Waals surface area contributed by atoms with E-state index in [1.165, 1.54) is 5.56 Å². The number of piperazine rings is 1. The third-order valence-electron chi connectivity index (χ3n) is 4.84. The zero-order valence-corrected chi connectivity index (χ0v) is 15.5. The van der Waals surface area contributed by atoms with Crippen LogP contribution in [0.3, 0.4) is 0 Å². The molecule has 1 saturated heterocycles. The number of aliphatic hydroxyl groups is 1. The molecular weight excluding hydrogens is 304 g/mol. The first-order valence-electron chi connectivity index (χ1n) is 8.82. The summed E-state index contributed by atoms with van der Waals surface area (Å²) in [5, 5.41) is 10.3. The van der Waals surface area contributed by atoms with Crippen molar-refractivity contribution in [2.45, 2.75) is 26.9 Å². The summed E-state index contributed by atoms with van der Waals surface area (Å²) in [6.07, 6.45) is -0.463. The van der Waals surface area contributed by atoms with E-state index in [2.05, 4.69) is 35.8 Å². The van der Waals surface area contributed by atoms with Gasteiger partial charge in [-0.05, 0) is 37.5 Å². The zero-order chi connectivity index (χ0) is 17.5. The van der Waals surface area contributed by atoms with Gasteiger partial charge >= 0.3 is 0 Å². The van der Waals surface area contributed by atoms with Crippen LogP contribution in [-0.2, 0) is 4.74 Å². The summed E-state index contributed by atoms with van der Waals surface area (Å²) in [5.41, 5.74) is 3.50. The van der Waals surface area contributed by atoms with Gasteiger partial charge in [0.05, 0.1) is 6.61 Å². The monoisotopic (exact) mass is 336 g/mol. The summed E-state index contributed by atoms with van der Waals surface area (Å²) in [6, 6.07) is 4.18. The number of aryl methyl sites for hydroxylation is 2. The van der Waals surface area contributed by atoms with Gasteiger partial charge in [-0.3, -0.25) is 9.80 Å². The van der Waals surface area contributed by atoms with Gasteiger partial charge in [0.2, 0.25) is 0 Å². The number of β-amino-alcohol motifs (C(OH)–C–C–N with tert-alkyl or cyclic N) is 1. The average Bonchev–Trinajstić information content (AvgIpc) is 2.57. The van der Waals surface area contributed by atoms with Crippen molar-refractivity contribution in [3.63, 3.8) is 0 Å². The highest BCUT2D eigenvalue weighted by Gasteiger charge is 2.19. The van der Waals surface area contributed by atoms with Crippen LogP contribution in [-0.4, -0.2) is 80.6 Å². The fraction of sp³-hybridized carbons (Fsp3) is 0.684. The van der Waals surface area contributed by atoms with E-state index in [4.69, 9.17) is 9.47 Å². The van der Waals surface area contributed by atoms with Crippen molar-refractivity contribution in [2.75, 3.05) is 59.6 Å². The molecule has 0 saturated carbocycles. The van der Waals surface area contributed by atoms with E-state index >= 15 is 0 Å². The summed E-state index contributed by atoms with van der Waals surface area (Å²) in [5.74, 6) is 0.915. The lowest BCUT2D eigenvalue weighted by Gasteiger charge is -2.35. The Hall–Kier alpha value is -1.14. The lowest BCUT2D eigenvalue weighted by Crippen LogP contribution is -2.49. The highest BCUT2D eigenvalue weighted by molar-refractivity contribution is 5.44. The van der Waals surface area contributed by atoms with Crippen LogP contribution < -0.4 is 4.74 Å². The van der Waals surface area contributed by atoms with Crippen LogP contribution >= 0.6 is 0 Å².